The van der Waals surface area contributed by atoms with Crippen molar-refractivity contribution in [2.45, 2.75) is 53.0 Å². The van der Waals surface area contributed by atoms with Crippen molar-refractivity contribution in [1.29, 1.82) is 0 Å². The molecule has 0 aliphatic carbocycles. The van der Waals surface area contributed by atoms with Crippen molar-refractivity contribution < 1.29 is 0 Å². The number of hydrogen-bond acceptors (Lipinski definition) is 1. The number of hydrogen-bond donors (Lipinski definition) is 1. The minimum absolute atomic E-state index is 0.389. The Morgan fingerprint density at radius 2 is 2.00 bits per heavy atom. The average molecular weight is 438 g/mol. The van der Waals surface area contributed by atoms with E-state index in [2.05, 4.69) is 89.7 Å². The van der Waals surface area contributed by atoms with Crippen molar-refractivity contribution in [3.63, 3.8) is 0 Å². The molecule has 0 bridgehead atoms. The minimum atomic E-state index is 0.389. The van der Waals surface area contributed by atoms with Crippen LogP contribution in [0.25, 0.3) is 0 Å². The largest absolute Gasteiger partial charge is 0.310 e. The summed E-state index contributed by atoms with van der Waals surface area (Å²) in [6, 6.07) is 7.05. The Balaban J connectivity index is 2.85. The topological polar surface area (TPSA) is 12.0 Å². The summed E-state index contributed by atoms with van der Waals surface area (Å²) in [6.07, 6.45) is 3.59. The Morgan fingerprint density at radius 1 is 1.32 bits per heavy atom. The smallest absolute Gasteiger partial charge is 0.0332 e. The predicted molar refractivity (Wildman–Crippen MR) is 96.6 cm³/mol. The van der Waals surface area contributed by atoms with Gasteiger partial charge in [-0.1, -0.05) is 43.6 Å². The van der Waals surface area contributed by atoms with Gasteiger partial charge in [0.05, 0.1) is 0 Å². The Hall–Kier alpha value is 0.390. The van der Waals surface area contributed by atoms with Crippen LogP contribution < -0.4 is 5.32 Å². The quantitative estimate of drug-likeness (QED) is 0.544. The molecular formula is C16H25BrIN. The van der Waals surface area contributed by atoms with Crippen LogP contribution in [0.1, 0.15) is 58.6 Å². The molecule has 1 rings (SSSR count). The first-order valence-corrected chi connectivity index (χ1v) is 8.89. The van der Waals surface area contributed by atoms with Crippen molar-refractivity contribution in [1.82, 2.24) is 5.32 Å². The van der Waals surface area contributed by atoms with Crippen LogP contribution in [-0.2, 0) is 0 Å². The van der Waals surface area contributed by atoms with Gasteiger partial charge in [-0.2, -0.15) is 0 Å². The van der Waals surface area contributed by atoms with Crippen molar-refractivity contribution in [2.24, 2.45) is 5.41 Å². The zero-order valence-electron chi connectivity index (χ0n) is 12.4. The molecule has 19 heavy (non-hydrogen) atoms. The van der Waals surface area contributed by atoms with Crippen LogP contribution in [0.3, 0.4) is 0 Å². The molecule has 0 amide bonds. The Bertz CT molecular complexity index is 398. The molecule has 0 saturated heterocycles. The van der Waals surface area contributed by atoms with E-state index in [0.29, 0.717) is 11.5 Å². The molecular weight excluding hydrogens is 413 g/mol. The highest BCUT2D eigenvalue weighted by Gasteiger charge is 2.18. The van der Waals surface area contributed by atoms with Crippen LogP contribution in [-0.4, -0.2) is 6.54 Å². The lowest BCUT2D eigenvalue weighted by Gasteiger charge is -2.25. The van der Waals surface area contributed by atoms with Gasteiger partial charge in [0.2, 0.25) is 0 Å². The Labute approximate surface area is 140 Å². The third kappa shape index (κ3) is 6.58. The van der Waals surface area contributed by atoms with E-state index in [1.54, 1.807) is 0 Å². The molecule has 0 heterocycles. The molecule has 0 aliphatic rings. The van der Waals surface area contributed by atoms with E-state index < -0.39 is 0 Å². The van der Waals surface area contributed by atoms with E-state index >= 15 is 0 Å². The van der Waals surface area contributed by atoms with Crippen LogP contribution >= 0.6 is 38.5 Å². The van der Waals surface area contributed by atoms with Crippen molar-refractivity contribution in [2.75, 3.05) is 6.54 Å². The first-order valence-electron chi connectivity index (χ1n) is 7.02. The standard InChI is InChI=1S/C16H25BrIN/c1-5-10-19-15(8-9-16(2,3)4)13-11-12(18)6-7-14(13)17/h6-7,11,15,19H,5,8-10H2,1-4H3. The lowest BCUT2D eigenvalue weighted by Crippen LogP contribution is -2.24. The number of benzene rings is 1. The summed E-state index contributed by atoms with van der Waals surface area (Å²) in [7, 11) is 0. The summed E-state index contributed by atoms with van der Waals surface area (Å²) in [5.41, 5.74) is 1.78. The van der Waals surface area contributed by atoms with E-state index in [1.807, 2.05) is 0 Å². The third-order valence-electron chi connectivity index (χ3n) is 3.16. The van der Waals surface area contributed by atoms with Crippen molar-refractivity contribution in [3.05, 3.63) is 31.8 Å². The highest BCUT2D eigenvalue weighted by atomic mass is 127. The fourth-order valence-corrected chi connectivity index (χ4v) is 3.08. The number of halogens is 2. The maximum absolute atomic E-state index is 3.70. The summed E-state index contributed by atoms with van der Waals surface area (Å²) in [6.45, 7) is 10.2. The van der Waals surface area contributed by atoms with Crippen LogP contribution in [0.4, 0.5) is 0 Å². The molecule has 108 valence electrons. The lowest BCUT2D eigenvalue weighted by atomic mass is 9.87. The number of nitrogens with one attached hydrogen (secondary N) is 1. The average Bonchev–Trinajstić information content (AvgIpc) is 2.32. The van der Waals surface area contributed by atoms with Gasteiger partial charge < -0.3 is 5.32 Å². The molecule has 1 aromatic carbocycles. The molecule has 0 aromatic heterocycles. The van der Waals surface area contributed by atoms with Crippen LogP contribution in [0.5, 0.6) is 0 Å². The van der Waals surface area contributed by atoms with Gasteiger partial charge in [-0.25, -0.2) is 0 Å². The molecule has 0 saturated carbocycles. The Morgan fingerprint density at radius 3 is 2.58 bits per heavy atom. The second-order valence-corrected chi connectivity index (χ2v) is 8.37. The molecule has 0 spiro atoms. The minimum Gasteiger partial charge on any atom is -0.310 e. The normalized spacial score (nSPS) is 13.6. The highest BCUT2D eigenvalue weighted by molar-refractivity contribution is 14.1. The van der Waals surface area contributed by atoms with E-state index in [4.69, 9.17) is 0 Å². The summed E-state index contributed by atoms with van der Waals surface area (Å²) >= 11 is 6.09. The molecule has 1 atom stereocenters. The summed E-state index contributed by atoms with van der Waals surface area (Å²) in [4.78, 5) is 0. The lowest BCUT2D eigenvalue weighted by molar-refractivity contribution is 0.332. The van der Waals surface area contributed by atoms with Gasteiger partial charge >= 0.3 is 0 Å². The van der Waals surface area contributed by atoms with Gasteiger partial charge in [0.15, 0.2) is 0 Å². The SMILES string of the molecule is CCCNC(CCC(C)(C)C)c1cc(I)ccc1Br. The Kier molecular flexibility index (Phi) is 7.33. The second kappa shape index (κ2) is 7.99. The van der Waals surface area contributed by atoms with Gasteiger partial charge in [-0.3, -0.25) is 0 Å². The maximum Gasteiger partial charge on any atom is 0.0332 e. The van der Waals surface area contributed by atoms with Gasteiger partial charge in [0.1, 0.15) is 0 Å². The predicted octanol–water partition coefficient (Wildman–Crippen LogP) is 5.92. The first-order chi connectivity index (χ1) is 8.83. The zero-order valence-corrected chi connectivity index (χ0v) is 16.1. The molecule has 1 nitrogen and oxygen atoms in total. The van der Waals surface area contributed by atoms with Gasteiger partial charge in [0, 0.05) is 14.1 Å². The van der Waals surface area contributed by atoms with Gasteiger partial charge in [-0.15, -0.1) is 0 Å². The molecule has 1 aromatic rings. The van der Waals surface area contributed by atoms with E-state index in [-0.39, 0.29) is 0 Å². The van der Waals surface area contributed by atoms with E-state index in [1.165, 1.54) is 32.9 Å². The molecule has 0 radical (unpaired) electrons. The highest BCUT2D eigenvalue weighted by Crippen LogP contribution is 2.32. The number of rotatable bonds is 6. The fourth-order valence-electron chi connectivity index (χ4n) is 2.05. The van der Waals surface area contributed by atoms with Crippen LogP contribution in [0, 0.1) is 8.99 Å². The monoisotopic (exact) mass is 437 g/mol. The molecule has 1 N–H and O–H groups in total. The maximum atomic E-state index is 3.70. The first kappa shape index (κ1) is 17.4. The van der Waals surface area contributed by atoms with E-state index in [9.17, 15) is 0 Å². The summed E-state index contributed by atoms with van der Waals surface area (Å²) in [5, 5.41) is 3.69. The summed E-state index contributed by atoms with van der Waals surface area (Å²) < 4.78 is 2.52. The van der Waals surface area contributed by atoms with Crippen LogP contribution in [0.15, 0.2) is 22.7 Å². The zero-order chi connectivity index (χ0) is 14.5. The van der Waals surface area contributed by atoms with Gasteiger partial charge in [0.25, 0.3) is 0 Å². The van der Waals surface area contributed by atoms with Crippen molar-refractivity contribution >= 4 is 38.5 Å². The molecule has 3 heteroatoms. The third-order valence-corrected chi connectivity index (χ3v) is 4.55. The second-order valence-electron chi connectivity index (χ2n) is 6.27. The fraction of sp³-hybridized carbons (Fsp3) is 0.625. The van der Waals surface area contributed by atoms with Crippen molar-refractivity contribution in [3.8, 4) is 0 Å². The van der Waals surface area contributed by atoms with E-state index in [0.717, 1.165) is 6.54 Å². The molecule has 0 fully saturated rings. The van der Waals surface area contributed by atoms with Gasteiger partial charge in [-0.05, 0) is 77.6 Å². The van der Waals surface area contributed by atoms with Crippen LogP contribution in [0.2, 0.25) is 0 Å². The summed E-state index contributed by atoms with van der Waals surface area (Å²) in [5.74, 6) is 0. The molecule has 0 aliphatic heterocycles. The molecule has 1 unspecified atom stereocenters.